The molecule has 2 saturated heterocycles. The van der Waals surface area contributed by atoms with Gasteiger partial charge in [-0.05, 0) is 19.4 Å². The zero-order valence-electron chi connectivity index (χ0n) is 6.61. The predicted octanol–water partition coefficient (Wildman–Crippen LogP) is 0.867. The first kappa shape index (κ1) is 7.50. The zero-order valence-corrected chi connectivity index (χ0v) is 6.61. The summed E-state index contributed by atoms with van der Waals surface area (Å²) in [6, 6.07) is 0. The van der Waals surface area contributed by atoms with Crippen molar-refractivity contribution >= 4 is 0 Å². The Balaban J connectivity index is 2.00. The molecule has 0 amide bonds. The van der Waals surface area contributed by atoms with Gasteiger partial charge < -0.3 is 10.1 Å². The van der Waals surface area contributed by atoms with Crippen LogP contribution in [0.2, 0.25) is 0 Å². The number of ether oxygens (including phenoxy) is 1. The maximum Gasteiger partial charge on any atom is 0.125 e. The van der Waals surface area contributed by atoms with Crippen molar-refractivity contribution in [3.8, 4) is 0 Å². The lowest BCUT2D eigenvalue weighted by Gasteiger charge is -2.35. The maximum absolute atomic E-state index is 12.9. The Morgan fingerprint density at radius 2 is 2.45 bits per heavy atom. The van der Waals surface area contributed by atoms with Crippen LogP contribution in [-0.4, -0.2) is 31.5 Å². The van der Waals surface area contributed by atoms with Crippen molar-refractivity contribution in [1.29, 1.82) is 0 Å². The van der Waals surface area contributed by atoms with Crippen molar-refractivity contribution in [2.24, 2.45) is 0 Å². The van der Waals surface area contributed by atoms with Crippen LogP contribution >= 0.6 is 0 Å². The lowest BCUT2D eigenvalue weighted by Crippen LogP contribution is -2.50. The smallest absolute Gasteiger partial charge is 0.125 e. The van der Waals surface area contributed by atoms with Gasteiger partial charge in [-0.3, -0.25) is 0 Å². The Hall–Kier alpha value is -0.150. The molecule has 2 unspecified atom stereocenters. The first-order valence-corrected chi connectivity index (χ1v) is 4.28. The van der Waals surface area contributed by atoms with Gasteiger partial charge in [0.25, 0.3) is 0 Å². The molecule has 2 fully saturated rings. The molecule has 2 atom stereocenters. The molecule has 0 aromatic rings. The first-order valence-electron chi connectivity index (χ1n) is 4.28. The molecule has 2 nitrogen and oxygen atoms in total. The van der Waals surface area contributed by atoms with Crippen LogP contribution < -0.4 is 5.32 Å². The Kier molecular flexibility index (Phi) is 1.85. The third kappa shape index (κ3) is 1.40. The van der Waals surface area contributed by atoms with Gasteiger partial charge in [0, 0.05) is 12.0 Å². The van der Waals surface area contributed by atoms with Gasteiger partial charge in [0.1, 0.15) is 6.17 Å². The zero-order chi connectivity index (χ0) is 7.73. The molecule has 0 aliphatic carbocycles. The number of alkyl halides is 1. The van der Waals surface area contributed by atoms with Gasteiger partial charge in [0.2, 0.25) is 0 Å². The highest BCUT2D eigenvalue weighted by atomic mass is 19.1. The molecule has 0 radical (unpaired) electrons. The molecule has 3 heteroatoms. The fourth-order valence-electron chi connectivity index (χ4n) is 2.09. The third-order valence-electron chi connectivity index (χ3n) is 2.62. The van der Waals surface area contributed by atoms with Gasteiger partial charge in [-0.25, -0.2) is 4.39 Å². The maximum atomic E-state index is 12.9. The van der Waals surface area contributed by atoms with Crippen LogP contribution in [-0.2, 0) is 4.74 Å². The molecular formula is C8H14FNO. The molecule has 0 aromatic carbocycles. The average molecular weight is 159 g/mol. The van der Waals surface area contributed by atoms with Gasteiger partial charge in [-0.1, -0.05) is 0 Å². The van der Waals surface area contributed by atoms with E-state index < -0.39 is 6.17 Å². The molecule has 2 rings (SSSR count). The van der Waals surface area contributed by atoms with Crippen LogP contribution in [0.3, 0.4) is 0 Å². The van der Waals surface area contributed by atoms with Crippen LogP contribution in [0.15, 0.2) is 0 Å². The number of halogens is 1. The van der Waals surface area contributed by atoms with Crippen molar-refractivity contribution in [1.82, 2.24) is 5.32 Å². The molecule has 0 aromatic heterocycles. The molecule has 2 heterocycles. The topological polar surface area (TPSA) is 21.3 Å². The average Bonchev–Trinajstić information content (AvgIpc) is 2.37. The molecule has 0 saturated carbocycles. The number of nitrogens with one attached hydrogen (secondary N) is 1. The highest BCUT2D eigenvalue weighted by Gasteiger charge is 2.39. The van der Waals surface area contributed by atoms with Gasteiger partial charge in [-0.15, -0.1) is 0 Å². The summed E-state index contributed by atoms with van der Waals surface area (Å²) in [7, 11) is 0. The SMILES string of the molecule is FC1COCC2(CCCN2)C1. The summed E-state index contributed by atoms with van der Waals surface area (Å²) in [5.41, 5.74) is -0.00231. The Bertz CT molecular complexity index is 145. The van der Waals surface area contributed by atoms with Crippen molar-refractivity contribution < 1.29 is 9.13 Å². The van der Waals surface area contributed by atoms with Crippen LogP contribution in [0.4, 0.5) is 4.39 Å². The molecule has 0 bridgehead atoms. The number of hydrogen-bond acceptors (Lipinski definition) is 2. The fourth-order valence-corrected chi connectivity index (χ4v) is 2.09. The van der Waals surface area contributed by atoms with E-state index in [2.05, 4.69) is 5.32 Å². The first-order chi connectivity index (χ1) is 5.31. The van der Waals surface area contributed by atoms with Crippen molar-refractivity contribution in [2.75, 3.05) is 19.8 Å². The second-order valence-corrected chi connectivity index (χ2v) is 3.63. The highest BCUT2D eigenvalue weighted by Crippen LogP contribution is 2.29. The van der Waals surface area contributed by atoms with Gasteiger partial charge in [0.15, 0.2) is 0 Å². The minimum absolute atomic E-state index is 0.00231. The lowest BCUT2D eigenvalue weighted by atomic mass is 9.90. The van der Waals surface area contributed by atoms with Crippen molar-refractivity contribution in [3.63, 3.8) is 0 Å². The van der Waals surface area contributed by atoms with E-state index in [1.807, 2.05) is 0 Å². The molecule has 11 heavy (non-hydrogen) atoms. The van der Waals surface area contributed by atoms with E-state index in [4.69, 9.17) is 4.74 Å². The summed E-state index contributed by atoms with van der Waals surface area (Å²) in [5, 5.41) is 3.34. The van der Waals surface area contributed by atoms with Crippen LogP contribution in [0.5, 0.6) is 0 Å². The summed E-state index contributed by atoms with van der Waals surface area (Å²) in [6.45, 7) is 2.02. The second kappa shape index (κ2) is 2.72. The molecule has 2 aliphatic rings. The monoisotopic (exact) mass is 159 g/mol. The Morgan fingerprint density at radius 3 is 3.09 bits per heavy atom. The number of rotatable bonds is 0. The van der Waals surface area contributed by atoms with Gasteiger partial charge >= 0.3 is 0 Å². The van der Waals surface area contributed by atoms with E-state index >= 15 is 0 Å². The van der Waals surface area contributed by atoms with E-state index in [9.17, 15) is 4.39 Å². The quantitative estimate of drug-likeness (QED) is 0.566. The fraction of sp³-hybridized carbons (Fsp3) is 1.00. The molecular weight excluding hydrogens is 145 g/mol. The summed E-state index contributed by atoms with van der Waals surface area (Å²) < 4.78 is 18.1. The lowest BCUT2D eigenvalue weighted by molar-refractivity contribution is -0.0205. The minimum Gasteiger partial charge on any atom is -0.377 e. The van der Waals surface area contributed by atoms with Gasteiger partial charge in [0.05, 0.1) is 13.2 Å². The standard InChI is InChI=1S/C8H14FNO/c9-7-4-8(6-11-5-7)2-1-3-10-8/h7,10H,1-6H2. The summed E-state index contributed by atoms with van der Waals surface area (Å²) >= 11 is 0. The van der Waals surface area contributed by atoms with Crippen molar-refractivity contribution in [3.05, 3.63) is 0 Å². The van der Waals surface area contributed by atoms with Crippen LogP contribution in [0, 0.1) is 0 Å². The van der Waals surface area contributed by atoms with Gasteiger partial charge in [-0.2, -0.15) is 0 Å². The van der Waals surface area contributed by atoms with Crippen LogP contribution in [0.25, 0.3) is 0 Å². The summed E-state index contributed by atoms with van der Waals surface area (Å²) in [6.07, 6.45) is 2.13. The molecule has 2 aliphatic heterocycles. The van der Waals surface area contributed by atoms with E-state index in [1.165, 1.54) is 0 Å². The normalized spacial score (nSPS) is 45.0. The Labute approximate surface area is 66.1 Å². The third-order valence-corrected chi connectivity index (χ3v) is 2.62. The summed E-state index contributed by atoms with van der Waals surface area (Å²) in [5.74, 6) is 0. The van der Waals surface area contributed by atoms with E-state index in [0.717, 1.165) is 19.4 Å². The number of hydrogen-bond donors (Lipinski definition) is 1. The van der Waals surface area contributed by atoms with E-state index in [1.54, 1.807) is 0 Å². The second-order valence-electron chi connectivity index (χ2n) is 3.63. The van der Waals surface area contributed by atoms with Crippen LogP contribution in [0.1, 0.15) is 19.3 Å². The molecule has 1 N–H and O–H groups in total. The largest absolute Gasteiger partial charge is 0.377 e. The van der Waals surface area contributed by atoms with Crippen molar-refractivity contribution in [2.45, 2.75) is 31.0 Å². The predicted molar refractivity (Wildman–Crippen MR) is 40.3 cm³/mol. The summed E-state index contributed by atoms with van der Waals surface area (Å²) in [4.78, 5) is 0. The Morgan fingerprint density at radius 1 is 1.55 bits per heavy atom. The molecule has 64 valence electrons. The highest BCUT2D eigenvalue weighted by molar-refractivity contribution is 4.96. The molecule has 1 spiro atoms. The van der Waals surface area contributed by atoms with E-state index in [-0.39, 0.29) is 5.54 Å². The minimum atomic E-state index is -0.755. The van der Waals surface area contributed by atoms with E-state index in [0.29, 0.717) is 19.6 Å².